The van der Waals surface area contributed by atoms with Crippen LogP contribution < -0.4 is 10.1 Å². The van der Waals surface area contributed by atoms with Crippen LogP contribution in [0, 0.1) is 6.92 Å². The van der Waals surface area contributed by atoms with Gasteiger partial charge in [-0.1, -0.05) is 61.2 Å². The Labute approximate surface area is 201 Å². The van der Waals surface area contributed by atoms with Gasteiger partial charge >= 0.3 is 0 Å². The van der Waals surface area contributed by atoms with Gasteiger partial charge in [-0.3, -0.25) is 4.79 Å². The first-order valence-corrected chi connectivity index (χ1v) is 12.4. The summed E-state index contributed by atoms with van der Waals surface area (Å²) in [5.41, 5.74) is 3.20. The number of amides is 1. The summed E-state index contributed by atoms with van der Waals surface area (Å²) in [4.78, 5) is 18.1. The Kier molecular flexibility index (Phi) is 7.41. The van der Waals surface area contributed by atoms with E-state index < -0.39 is 0 Å². The summed E-state index contributed by atoms with van der Waals surface area (Å²) in [6.45, 7) is 4.43. The van der Waals surface area contributed by atoms with Crippen LogP contribution >= 0.6 is 23.1 Å². The standard InChI is InChI=1S/C24H25N5O2S2/c1-4-17-10-12-19(13-11-17)31-14-20-27-28-24(29(20)3)32-15-21(30)25-23-26-22(16(2)33-23)18-8-6-5-7-9-18/h5-13H,4,14-15H2,1-3H3,(H,25,26,30). The van der Waals surface area contributed by atoms with Crippen molar-refractivity contribution in [3.05, 3.63) is 70.9 Å². The summed E-state index contributed by atoms with van der Waals surface area (Å²) >= 11 is 2.80. The van der Waals surface area contributed by atoms with Gasteiger partial charge in [0.2, 0.25) is 5.91 Å². The zero-order chi connectivity index (χ0) is 23.2. The molecule has 2 heterocycles. The zero-order valence-corrected chi connectivity index (χ0v) is 20.4. The maximum atomic E-state index is 12.5. The van der Waals surface area contributed by atoms with Gasteiger partial charge < -0.3 is 14.6 Å². The lowest BCUT2D eigenvalue weighted by atomic mass is 10.1. The van der Waals surface area contributed by atoms with Crippen molar-refractivity contribution in [1.29, 1.82) is 0 Å². The van der Waals surface area contributed by atoms with Crippen molar-refractivity contribution in [2.24, 2.45) is 7.05 Å². The molecule has 0 radical (unpaired) electrons. The van der Waals surface area contributed by atoms with E-state index in [0.29, 0.717) is 22.7 Å². The Morgan fingerprint density at radius 2 is 1.88 bits per heavy atom. The van der Waals surface area contributed by atoms with Crippen molar-refractivity contribution >= 4 is 34.1 Å². The number of nitrogens with one attached hydrogen (secondary N) is 1. The number of aryl methyl sites for hydroxylation is 2. The molecule has 2 aromatic heterocycles. The second kappa shape index (κ2) is 10.6. The number of nitrogens with zero attached hydrogens (tertiary/aromatic N) is 4. The molecule has 0 aliphatic carbocycles. The van der Waals surface area contributed by atoms with Crippen molar-refractivity contribution in [2.75, 3.05) is 11.1 Å². The lowest BCUT2D eigenvalue weighted by molar-refractivity contribution is -0.113. The van der Waals surface area contributed by atoms with Crippen LogP contribution in [0.15, 0.2) is 59.8 Å². The summed E-state index contributed by atoms with van der Waals surface area (Å²) in [6.07, 6.45) is 0.994. The number of thioether (sulfide) groups is 1. The Bertz CT molecular complexity index is 1220. The van der Waals surface area contributed by atoms with Gasteiger partial charge in [-0.2, -0.15) is 0 Å². The van der Waals surface area contributed by atoms with Crippen LogP contribution in [0.4, 0.5) is 5.13 Å². The molecule has 0 spiro atoms. The Balaban J connectivity index is 1.30. The number of hydrogen-bond donors (Lipinski definition) is 1. The number of hydrogen-bond acceptors (Lipinski definition) is 7. The van der Waals surface area contributed by atoms with Gasteiger partial charge in [-0.15, -0.1) is 21.5 Å². The van der Waals surface area contributed by atoms with Crippen LogP contribution in [0.5, 0.6) is 5.75 Å². The fourth-order valence-electron chi connectivity index (χ4n) is 3.16. The highest BCUT2D eigenvalue weighted by atomic mass is 32.2. The molecule has 170 valence electrons. The van der Waals surface area contributed by atoms with Crippen LogP contribution in [0.1, 0.15) is 23.2 Å². The Morgan fingerprint density at radius 1 is 1.12 bits per heavy atom. The molecular weight excluding hydrogens is 454 g/mol. The van der Waals surface area contributed by atoms with E-state index in [1.54, 1.807) is 0 Å². The summed E-state index contributed by atoms with van der Waals surface area (Å²) in [5.74, 6) is 1.56. The normalized spacial score (nSPS) is 10.9. The molecule has 0 saturated carbocycles. The number of carbonyl (C=O) groups excluding carboxylic acids is 1. The maximum absolute atomic E-state index is 12.5. The molecule has 0 unspecified atom stereocenters. The average molecular weight is 480 g/mol. The second-order valence-corrected chi connectivity index (χ2v) is 9.52. The largest absolute Gasteiger partial charge is 0.486 e. The SMILES string of the molecule is CCc1ccc(OCc2nnc(SCC(=O)Nc3nc(-c4ccccc4)c(C)s3)n2C)cc1. The van der Waals surface area contributed by atoms with Crippen molar-refractivity contribution in [2.45, 2.75) is 32.0 Å². The van der Waals surface area contributed by atoms with E-state index in [-0.39, 0.29) is 11.7 Å². The molecule has 0 saturated heterocycles. The van der Waals surface area contributed by atoms with Crippen LogP contribution in [-0.4, -0.2) is 31.4 Å². The van der Waals surface area contributed by atoms with Gasteiger partial charge in [-0.05, 0) is 31.0 Å². The number of thiazole rings is 1. The monoisotopic (exact) mass is 479 g/mol. The topological polar surface area (TPSA) is 81.9 Å². The average Bonchev–Trinajstić information content (AvgIpc) is 3.38. The predicted octanol–water partition coefficient (Wildman–Crippen LogP) is 5.12. The van der Waals surface area contributed by atoms with E-state index in [1.807, 2.05) is 61.0 Å². The van der Waals surface area contributed by atoms with Crippen molar-refractivity contribution < 1.29 is 9.53 Å². The van der Waals surface area contributed by atoms with Crippen LogP contribution in [0.25, 0.3) is 11.3 Å². The first-order chi connectivity index (χ1) is 16.0. The van der Waals surface area contributed by atoms with Gasteiger partial charge in [-0.25, -0.2) is 4.98 Å². The van der Waals surface area contributed by atoms with Gasteiger partial charge in [0.05, 0.1) is 11.4 Å². The minimum Gasteiger partial charge on any atom is -0.486 e. The second-order valence-electron chi connectivity index (χ2n) is 7.37. The minimum absolute atomic E-state index is 0.134. The molecule has 33 heavy (non-hydrogen) atoms. The van der Waals surface area contributed by atoms with Crippen LogP contribution in [0.3, 0.4) is 0 Å². The van der Waals surface area contributed by atoms with Crippen molar-refractivity contribution in [3.8, 4) is 17.0 Å². The van der Waals surface area contributed by atoms with Crippen LogP contribution in [0.2, 0.25) is 0 Å². The van der Waals surface area contributed by atoms with E-state index in [4.69, 9.17) is 4.74 Å². The summed E-state index contributed by atoms with van der Waals surface area (Å²) < 4.78 is 7.67. The molecule has 0 fully saturated rings. The lowest BCUT2D eigenvalue weighted by Gasteiger charge is -2.07. The molecule has 1 N–H and O–H groups in total. The molecule has 1 amide bonds. The Hall–Kier alpha value is -3.17. The van der Waals surface area contributed by atoms with Gasteiger partial charge in [0.15, 0.2) is 16.1 Å². The molecule has 2 aromatic carbocycles. The molecule has 9 heteroatoms. The molecular formula is C24H25N5O2S2. The number of anilines is 1. The zero-order valence-electron chi connectivity index (χ0n) is 18.7. The van der Waals surface area contributed by atoms with E-state index in [0.717, 1.165) is 28.3 Å². The number of rotatable bonds is 9. The highest BCUT2D eigenvalue weighted by molar-refractivity contribution is 7.99. The van der Waals surface area contributed by atoms with E-state index >= 15 is 0 Å². The number of aromatic nitrogens is 4. The number of ether oxygens (including phenoxy) is 1. The van der Waals surface area contributed by atoms with Gasteiger partial charge in [0, 0.05) is 17.5 Å². The fraction of sp³-hybridized carbons (Fsp3) is 0.250. The van der Waals surface area contributed by atoms with Crippen molar-refractivity contribution in [1.82, 2.24) is 19.7 Å². The van der Waals surface area contributed by atoms with E-state index in [2.05, 4.69) is 39.6 Å². The third-order valence-electron chi connectivity index (χ3n) is 5.05. The van der Waals surface area contributed by atoms with Crippen molar-refractivity contribution in [3.63, 3.8) is 0 Å². The maximum Gasteiger partial charge on any atom is 0.236 e. The molecule has 7 nitrogen and oxygen atoms in total. The molecule has 0 aliphatic rings. The molecule has 0 aliphatic heterocycles. The third kappa shape index (κ3) is 5.80. The van der Waals surface area contributed by atoms with Crippen LogP contribution in [-0.2, 0) is 24.9 Å². The van der Waals surface area contributed by atoms with Gasteiger partial charge in [0.1, 0.15) is 12.4 Å². The third-order valence-corrected chi connectivity index (χ3v) is 6.95. The summed E-state index contributed by atoms with van der Waals surface area (Å²) in [7, 11) is 1.87. The molecule has 0 atom stereocenters. The van der Waals surface area contributed by atoms with Gasteiger partial charge in [0.25, 0.3) is 0 Å². The Morgan fingerprint density at radius 3 is 2.61 bits per heavy atom. The summed E-state index contributed by atoms with van der Waals surface area (Å²) in [6, 6.07) is 18.0. The quantitative estimate of drug-likeness (QED) is 0.336. The smallest absolute Gasteiger partial charge is 0.236 e. The molecule has 0 bridgehead atoms. The lowest BCUT2D eigenvalue weighted by Crippen LogP contribution is -2.14. The fourth-order valence-corrected chi connectivity index (χ4v) is 4.75. The number of carbonyl (C=O) groups is 1. The molecule has 4 rings (SSSR count). The minimum atomic E-state index is -0.134. The first-order valence-electron chi connectivity index (χ1n) is 10.6. The van der Waals surface area contributed by atoms with E-state index in [1.165, 1.54) is 28.7 Å². The summed E-state index contributed by atoms with van der Waals surface area (Å²) in [5, 5.41) is 12.5. The highest BCUT2D eigenvalue weighted by Gasteiger charge is 2.15. The predicted molar refractivity (Wildman–Crippen MR) is 133 cm³/mol. The number of benzene rings is 2. The first kappa shape index (κ1) is 23.0. The molecule has 4 aromatic rings. The van der Waals surface area contributed by atoms with E-state index in [9.17, 15) is 4.79 Å². The highest BCUT2D eigenvalue weighted by Crippen LogP contribution is 2.30.